The molecule has 0 aromatic carbocycles. The molecule has 0 aliphatic carbocycles. The Hall–Kier alpha value is -1.05. The SMILES string of the molecule is C=CCC(CCCCCCC=CCCCCCCCC)C(=O)O. The smallest absolute Gasteiger partial charge is 0.306 e. The average molecular weight is 323 g/mol. The first kappa shape index (κ1) is 21.9. The Kier molecular flexibility index (Phi) is 16.5. The third-order valence-electron chi connectivity index (χ3n) is 4.36. The second-order valence-electron chi connectivity index (χ2n) is 6.58. The second-order valence-corrected chi connectivity index (χ2v) is 6.58. The van der Waals surface area contributed by atoms with Crippen LogP contribution >= 0.6 is 0 Å². The van der Waals surface area contributed by atoms with Gasteiger partial charge in [0.1, 0.15) is 0 Å². The van der Waals surface area contributed by atoms with Crippen LogP contribution in [-0.2, 0) is 4.79 Å². The molecule has 0 saturated heterocycles. The van der Waals surface area contributed by atoms with E-state index in [4.69, 9.17) is 5.11 Å². The van der Waals surface area contributed by atoms with E-state index in [1.54, 1.807) is 6.08 Å². The van der Waals surface area contributed by atoms with Gasteiger partial charge in [0.2, 0.25) is 0 Å². The van der Waals surface area contributed by atoms with Crippen LogP contribution < -0.4 is 0 Å². The first-order chi connectivity index (χ1) is 11.2. The summed E-state index contributed by atoms with van der Waals surface area (Å²) in [5.74, 6) is -0.910. The highest BCUT2D eigenvalue weighted by Crippen LogP contribution is 2.16. The number of carboxylic acids is 1. The molecule has 1 N–H and O–H groups in total. The van der Waals surface area contributed by atoms with Gasteiger partial charge >= 0.3 is 5.97 Å². The Labute approximate surface area is 144 Å². The fourth-order valence-electron chi connectivity index (χ4n) is 2.83. The lowest BCUT2D eigenvalue weighted by molar-refractivity contribution is -0.141. The van der Waals surface area contributed by atoms with E-state index in [-0.39, 0.29) is 5.92 Å². The number of unbranched alkanes of at least 4 members (excludes halogenated alkanes) is 10. The zero-order valence-electron chi connectivity index (χ0n) is 15.3. The molecular weight excluding hydrogens is 284 g/mol. The van der Waals surface area contributed by atoms with Crippen molar-refractivity contribution in [3.63, 3.8) is 0 Å². The van der Waals surface area contributed by atoms with E-state index in [9.17, 15) is 4.79 Å². The van der Waals surface area contributed by atoms with Crippen LogP contribution in [0.3, 0.4) is 0 Å². The van der Waals surface area contributed by atoms with Crippen LogP contribution in [0.5, 0.6) is 0 Å². The van der Waals surface area contributed by atoms with Crippen LogP contribution in [0.1, 0.15) is 96.8 Å². The molecule has 2 nitrogen and oxygen atoms in total. The summed E-state index contributed by atoms with van der Waals surface area (Å²) >= 11 is 0. The van der Waals surface area contributed by atoms with E-state index < -0.39 is 5.97 Å². The summed E-state index contributed by atoms with van der Waals surface area (Å²) in [4.78, 5) is 11.0. The Balaban J connectivity index is 3.33. The lowest BCUT2D eigenvalue weighted by Crippen LogP contribution is -2.12. The molecule has 0 aliphatic rings. The first-order valence-corrected chi connectivity index (χ1v) is 9.71. The lowest BCUT2D eigenvalue weighted by Gasteiger charge is -2.09. The molecule has 2 heteroatoms. The van der Waals surface area contributed by atoms with Crippen molar-refractivity contribution < 1.29 is 9.90 Å². The fraction of sp³-hybridized carbons (Fsp3) is 0.762. The number of hydrogen-bond acceptors (Lipinski definition) is 1. The number of rotatable bonds is 17. The molecule has 134 valence electrons. The topological polar surface area (TPSA) is 37.3 Å². The molecule has 0 radical (unpaired) electrons. The molecule has 0 amide bonds. The average Bonchev–Trinajstić information content (AvgIpc) is 2.54. The summed E-state index contributed by atoms with van der Waals surface area (Å²) in [6.07, 6.45) is 23.0. The van der Waals surface area contributed by atoms with Crippen LogP contribution in [-0.4, -0.2) is 11.1 Å². The van der Waals surface area contributed by atoms with E-state index >= 15 is 0 Å². The van der Waals surface area contributed by atoms with Crippen molar-refractivity contribution in [3.8, 4) is 0 Å². The Morgan fingerprint density at radius 2 is 1.43 bits per heavy atom. The molecule has 0 aromatic heterocycles. The van der Waals surface area contributed by atoms with Crippen molar-refractivity contribution in [2.45, 2.75) is 96.8 Å². The van der Waals surface area contributed by atoms with Gasteiger partial charge in [-0.1, -0.05) is 76.5 Å². The van der Waals surface area contributed by atoms with Gasteiger partial charge in [-0.2, -0.15) is 0 Å². The van der Waals surface area contributed by atoms with E-state index in [1.165, 1.54) is 64.2 Å². The van der Waals surface area contributed by atoms with E-state index in [0.717, 1.165) is 19.3 Å². The van der Waals surface area contributed by atoms with Crippen LogP contribution in [0.2, 0.25) is 0 Å². The number of carboxylic acid groups (broad SMARTS) is 1. The maximum atomic E-state index is 11.0. The van der Waals surface area contributed by atoms with Crippen LogP contribution in [0.25, 0.3) is 0 Å². The van der Waals surface area contributed by atoms with Crippen molar-refractivity contribution in [2.75, 3.05) is 0 Å². The highest BCUT2D eigenvalue weighted by atomic mass is 16.4. The van der Waals surface area contributed by atoms with Gasteiger partial charge in [0.05, 0.1) is 5.92 Å². The molecule has 0 fully saturated rings. The monoisotopic (exact) mass is 322 g/mol. The lowest BCUT2D eigenvalue weighted by atomic mass is 9.97. The molecule has 0 saturated carbocycles. The van der Waals surface area contributed by atoms with Gasteiger partial charge in [-0.25, -0.2) is 0 Å². The fourth-order valence-corrected chi connectivity index (χ4v) is 2.83. The molecule has 1 unspecified atom stereocenters. The zero-order chi connectivity index (χ0) is 17.2. The van der Waals surface area contributed by atoms with Gasteiger partial charge in [0.25, 0.3) is 0 Å². The van der Waals surface area contributed by atoms with Crippen molar-refractivity contribution in [3.05, 3.63) is 24.8 Å². The molecule has 0 bridgehead atoms. The highest BCUT2D eigenvalue weighted by molar-refractivity contribution is 5.70. The van der Waals surface area contributed by atoms with Crippen molar-refractivity contribution in [1.82, 2.24) is 0 Å². The summed E-state index contributed by atoms with van der Waals surface area (Å²) in [6.45, 7) is 5.89. The van der Waals surface area contributed by atoms with Crippen molar-refractivity contribution >= 4 is 5.97 Å². The predicted octanol–water partition coefficient (Wildman–Crippen LogP) is 6.91. The minimum absolute atomic E-state index is 0.232. The number of allylic oxidation sites excluding steroid dienone is 3. The van der Waals surface area contributed by atoms with Gasteiger partial charge in [0, 0.05) is 0 Å². The third kappa shape index (κ3) is 15.6. The first-order valence-electron chi connectivity index (χ1n) is 9.71. The summed E-state index contributed by atoms with van der Waals surface area (Å²) in [7, 11) is 0. The molecule has 0 aliphatic heterocycles. The maximum absolute atomic E-state index is 11.0. The van der Waals surface area contributed by atoms with Gasteiger partial charge < -0.3 is 5.11 Å². The van der Waals surface area contributed by atoms with Gasteiger partial charge in [-0.15, -0.1) is 6.58 Å². The zero-order valence-corrected chi connectivity index (χ0v) is 15.3. The molecular formula is C21H38O2. The van der Waals surface area contributed by atoms with Gasteiger partial charge in [0.15, 0.2) is 0 Å². The molecule has 1 atom stereocenters. The molecule has 0 spiro atoms. The summed E-state index contributed by atoms with van der Waals surface area (Å²) in [5.41, 5.74) is 0. The minimum atomic E-state index is -0.678. The molecule has 0 rings (SSSR count). The molecule has 0 aromatic rings. The van der Waals surface area contributed by atoms with E-state index in [0.29, 0.717) is 6.42 Å². The van der Waals surface area contributed by atoms with E-state index in [1.807, 2.05) is 0 Å². The number of hydrogen-bond donors (Lipinski definition) is 1. The van der Waals surface area contributed by atoms with Crippen molar-refractivity contribution in [2.24, 2.45) is 5.92 Å². The maximum Gasteiger partial charge on any atom is 0.306 e. The third-order valence-corrected chi connectivity index (χ3v) is 4.36. The van der Waals surface area contributed by atoms with Gasteiger partial charge in [-0.05, 0) is 38.5 Å². The number of carbonyl (C=O) groups is 1. The largest absolute Gasteiger partial charge is 0.481 e. The second kappa shape index (κ2) is 17.3. The summed E-state index contributed by atoms with van der Waals surface area (Å²) < 4.78 is 0. The van der Waals surface area contributed by atoms with Gasteiger partial charge in [-0.3, -0.25) is 4.79 Å². The predicted molar refractivity (Wildman–Crippen MR) is 101 cm³/mol. The summed E-state index contributed by atoms with van der Waals surface area (Å²) in [5, 5.41) is 9.05. The minimum Gasteiger partial charge on any atom is -0.481 e. The van der Waals surface area contributed by atoms with Crippen LogP contribution in [0, 0.1) is 5.92 Å². The van der Waals surface area contributed by atoms with Crippen molar-refractivity contribution in [1.29, 1.82) is 0 Å². The number of aliphatic carboxylic acids is 1. The van der Waals surface area contributed by atoms with Crippen LogP contribution in [0.15, 0.2) is 24.8 Å². The molecule has 23 heavy (non-hydrogen) atoms. The highest BCUT2D eigenvalue weighted by Gasteiger charge is 2.14. The summed E-state index contributed by atoms with van der Waals surface area (Å²) in [6, 6.07) is 0. The van der Waals surface area contributed by atoms with E-state index in [2.05, 4.69) is 25.7 Å². The van der Waals surface area contributed by atoms with Crippen LogP contribution in [0.4, 0.5) is 0 Å². The Bertz CT molecular complexity index is 307. The molecule has 0 heterocycles. The quantitative estimate of drug-likeness (QED) is 0.233. The Morgan fingerprint density at radius 3 is 1.96 bits per heavy atom. The normalized spacial score (nSPS) is 12.6. The Morgan fingerprint density at radius 1 is 0.913 bits per heavy atom. The standard InChI is InChI=1S/C21H38O2/c1-3-5-6-7-8-9-10-11-12-13-14-15-16-17-19-20(18-4-2)21(22)23/h4,11-12,20H,2-3,5-10,13-19H2,1H3,(H,22,23).